The normalized spacial score (nSPS) is 13.1. The van der Waals surface area contributed by atoms with Crippen LogP contribution in [0.15, 0.2) is 30.3 Å². The van der Waals surface area contributed by atoms with E-state index in [0.29, 0.717) is 5.56 Å². The van der Waals surface area contributed by atoms with Crippen molar-refractivity contribution < 1.29 is 24.6 Å². The first-order valence-electron chi connectivity index (χ1n) is 5.71. The summed E-state index contributed by atoms with van der Waals surface area (Å²) in [6.07, 6.45) is -1.72. The van der Waals surface area contributed by atoms with Gasteiger partial charge in [-0.3, -0.25) is 4.79 Å². The molecule has 3 amide bonds. The number of nitrogens with one attached hydrogen (secondary N) is 2. The van der Waals surface area contributed by atoms with E-state index in [1.807, 2.05) is 0 Å². The zero-order chi connectivity index (χ0) is 15.1. The Balaban J connectivity index is 2.76. The lowest BCUT2D eigenvalue weighted by molar-refractivity contribution is -0.146. The summed E-state index contributed by atoms with van der Waals surface area (Å²) in [4.78, 5) is 33.3. The van der Waals surface area contributed by atoms with E-state index in [0.717, 1.165) is 0 Å². The average molecular weight is 281 g/mol. The van der Waals surface area contributed by atoms with E-state index in [9.17, 15) is 14.4 Å². The smallest absolute Gasteiger partial charge is 0.334 e. The number of aliphatic hydroxyl groups is 1. The summed E-state index contributed by atoms with van der Waals surface area (Å²) < 4.78 is 0. The molecular formula is C12H15N3O5. The molecule has 1 aromatic carbocycles. The average Bonchev–Trinajstić information content (AvgIpc) is 2.42. The van der Waals surface area contributed by atoms with Crippen LogP contribution < -0.4 is 16.4 Å². The van der Waals surface area contributed by atoms with Gasteiger partial charge < -0.3 is 26.6 Å². The van der Waals surface area contributed by atoms with Gasteiger partial charge >= 0.3 is 12.0 Å². The Bertz CT molecular complexity index is 491. The number of hydrogen-bond acceptors (Lipinski definition) is 4. The standard InChI is InChI=1S/C12H15N3O5/c13-12(20)15-9(7-4-2-1-3-5-7)10(17)14-6-8(16)11(18)19/h1-5,8-9,16H,6H2,(H,14,17)(H,18,19)(H3,13,15,20)/t8-,9?/m0/s1. The van der Waals surface area contributed by atoms with Gasteiger partial charge in [0.15, 0.2) is 6.10 Å². The van der Waals surface area contributed by atoms with Gasteiger partial charge in [-0.2, -0.15) is 0 Å². The van der Waals surface area contributed by atoms with Gasteiger partial charge in [-0.1, -0.05) is 30.3 Å². The Hall–Kier alpha value is -2.61. The molecule has 6 N–H and O–H groups in total. The molecule has 2 atom stereocenters. The summed E-state index contributed by atoms with van der Waals surface area (Å²) in [6.45, 7) is -0.474. The number of carboxylic acid groups (broad SMARTS) is 1. The number of primary amides is 1. The summed E-state index contributed by atoms with van der Waals surface area (Å²) in [5, 5.41) is 22.1. The maximum atomic E-state index is 11.9. The van der Waals surface area contributed by atoms with Gasteiger partial charge in [-0.15, -0.1) is 0 Å². The van der Waals surface area contributed by atoms with Gasteiger partial charge in [0, 0.05) is 0 Å². The molecule has 0 heterocycles. The molecule has 8 heteroatoms. The van der Waals surface area contributed by atoms with Crippen LogP contribution in [0.1, 0.15) is 11.6 Å². The number of carboxylic acids is 1. The van der Waals surface area contributed by atoms with Gasteiger partial charge in [0.05, 0.1) is 6.54 Å². The van der Waals surface area contributed by atoms with Crippen LogP contribution >= 0.6 is 0 Å². The van der Waals surface area contributed by atoms with Gasteiger partial charge in [0.25, 0.3) is 0 Å². The van der Waals surface area contributed by atoms with Crippen molar-refractivity contribution >= 4 is 17.9 Å². The maximum absolute atomic E-state index is 11.9. The van der Waals surface area contributed by atoms with E-state index in [1.54, 1.807) is 30.3 Å². The highest BCUT2D eigenvalue weighted by molar-refractivity contribution is 5.88. The van der Waals surface area contributed by atoms with Crippen molar-refractivity contribution in [1.29, 1.82) is 0 Å². The molecule has 0 saturated carbocycles. The largest absolute Gasteiger partial charge is 0.479 e. The number of urea groups is 1. The first-order valence-corrected chi connectivity index (χ1v) is 5.71. The third-order valence-electron chi connectivity index (χ3n) is 2.44. The minimum Gasteiger partial charge on any atom is -0.479 e. The van der Waals surface area contributed by atoms with Crippen LogP contribution in [-0.2, 0) is 9.59 Å². The molecule has 0 aliphatic rings. The fourth-order valence-corrected chi connectivity index (χ4v) is 1.47. The highest BCUT2D eigenvalue weighted by Crippen LogP contribution is 2.12. The Morgan fingerprint density at radius 2 is 1.80 bits per heavy atom. The number of nitrogens with two attached hydrogens (primary N) is 1. The van der Waals surface area contributed by atoms with Crippen molar-refractivity contribution in [2.75, 3.05) is 6.54 Å². The molecule has 1 aromatic rings. The molecule has 1 unspecified atom stereocenters. The maximum Gasteiger partial charge on any atom is 0.334 e. The Labute approximate surface area is 114 Å². The van der Waals surface area contributed by atoms with E-state index in [4.69, 9.17) is 15.9 Å². The molecule has 0 aliphatic heterocycles. The molecule has 0 aromatic heterocycles. The van der Waals surface area contributed by atoms with Crippen LogP contribution in [0.3, 0.4) is 0 Å². The van der Waals surface area contributed by atoms with E-state index >= 15 is 0 Å². The summed E-state index contributed by atoms with van der Waals surface area (Å²) in [6, 6.07) is 6.33. The third-order valence-corrected chi connectivity index (χ3v) is 2.44. The zero-order valence-corrected chi connectivity index (χ0v) is 10.4. The number of hydrogen-bond donors (Lipinski definition) is 5. The third kappa shape index (κ3) is 4.58. The van der Waals surface area contributed by atoms with Crippen molar-refractivity contribution in [2.24, 2.45) is 5.73 Å². The SMILES string of the molecule is NC(=O)NC(C(=O)NC[C@H](O)C(=O)O)c1ccccc1. The lowest BCUT2D eigenvalue weighted by atomic mass is 10.1. The molecule has 8 nitrogen and oxygen atoms in total. The fourth-order valence-electron chi connectivity index (χ4n) is 1.47. The van der Waals surface area contributed by atoms with Crippen molar-refractivity contribution in [1.82, 2.24) is 10.6 Å². The molecule has 0 saturated heterocycles. The van der Waals surface area contributed by atoms with Gasteiger partial charge in [0.1, 0.15) is 6.04 Å². The molecule has 0 bridgehead atoms. The van der Waals surface area contributed by atoms with Crippen LogP contribution in [0.25, 0.3) is 0 Å². The number of amides is 3. The summed E-state index contributed by atoms with van der Waals surface area (Å²) >= 11 is 0. The van der Waals surface area contributed by atoms with E-state index in [2.05, 4.69) is 10.6 Å². The van der Waals surface area contributed by atoms with Gasteiger partial charge in [-0.05, 0) is 5.56 Å². The number of rotatable bonds is 6. The van der Waals surface area contributed by atoms with Crippen molar-refractivity contribution in [3.63, 3.8) is 0 Å². The quantitative estimate of drug-likeness (QED) is 0.452. The van der Waals surface area contributed by atoms with E-state index in [1.165, 1.54) is 0 Å². The second-order valence-corrected chi connectivity index (χ2v) is 3.95. The lowest BCUT2D eigenvalue weighted by Crippen LogP contribution is -2.45. The first kappa shape index (κ1) is 15.4. The Morgan fingerprint density at radius 3 is 2.30 bits per heavy atom. The summed E-state index contributed by atoms with van der Waals surface area (Å²) in [5.74, 6) is -2.13. The van der Waals surface area contributed by atoms with Crippen LogP contribution in [0.5, 0.6) is 0 Å². The Morgan fingerprint density at radius 1 is 1.20 bits per heavy atom. The monoisotopic (exact) mass is 281 g/mol. The van der Waals surface area contributed by atoms with Crippen LogP contribution in [0, 0.1) is 0 Å². The number of benzene rings is 1. The van der Waals surface area contributed by atoms with Crippen LogP contribution in [-0.4, -0.2) is 40.8 Å². The second-order valence-electron chi connectivity index (χ2n) is 3.95. The summed E-state index contributed by atoms with van der Waals surface area (Å²) in [7, 11) is 0. The summed E-state index contributed by atoms with van der Waals surface area (Å²) in [5.41, 5.74) is 5.48. The minimum atomic E-state index is -1.72. The molecule has 0 aliphatic carbocycles. The molecule has 0 fully saturated rings. The minimum absolute atomic E-state index is 0.474. The zero-order valence-electron chi connectivity index (χ0n) is 10.4. The van der Waals surface area contributed by atoms with Crippen LogP contribution in [0.2, 0.25) is 0 Å². The molecule has 0 radical (unpaired) electrons. The molecule has 20 heavy (non-hydrogen) atoms. The predicted molar refractivity (Wildman–Crippen MR) is 68.6 cm³/mol. The number of aliphatic carboxylic acids is 1. The fraction of sp³-hybridized carbons (Fsp3) is 0.250. The highest BCUT2D eigenvalue weighted by Gasteiger charge is 2.23. The van der Waals surface area contributed by atoms with Gasteiger partial charge in [-0.25, -0.2) is 9.59 Å². The predicted octanol–water partition coefficient (Wildman–Crippen LogP) is -1.04. The number of carbonyl (C=O) groups is 3. The molecule has 0 spiro atoms. The molecule has 1 rings (SSSR count). The number of aliphatic hydroxyl groups excluding tert-OH is 1. The van der Waals surface area contributed by atoms with Gasteiger partial charge in [0.2, 0.25) is 5.91 Å². The van der Waals surface area contributed by atoms with Crippen molar-refractivity contribution in [2.45, 2.75) is 12.1 Å². The van der Waals surface area contributed by atoms with Crippen LogP contribution in [0.4, 0.5) is 4.79 Å². The number of carbonyl (C=O) groups excluding carboxylic acids is 2. The molecular weight excluding hydrogens is 266 g/mol. The van der Waals surface area contributed by atoms with Crippen molar-refractivity contribution in [3.8, 4) is 0 Å². The van der Waals surface area contributed by atoms with E-state index < -0.39 is 36.6 Å². The lowest BCUT2D eigenvalue weighted by Gasteiger charge is -2.18. The first-order chi connectivity index (χ1) is 9.41. The molecule has 108 valence electrons. The van der Waals surface area contributed by atoms with Crippen molar-refractivity contribution in [3.05, 3.63) is 35.9 Å². The topological polar surface area (TPSA) is 142 Å². The van der Waals surface area contributed by atoms with E-state index in [-0.39, 0.29) is 0 Å². The highest BCUT2D eigenvalue weighted by atomic mass is 16.4. The Kier molecular flexibility index (Phi) is 5.48. The second kappa shape index (κ2) is 7.10.